The van der Waals surface area contributed by atoms with E-state index in [9.17, 15) is 18.8 Å². The van der Waals surface area contributed by atoms with Gasteiger partial charge in [0.15, 0.2) is 0 Å². The quantitative estimate of drug-likeness (QED) is 0.377. The number of methoxy groups -OCH3 is 1. The van der Waals surface area contributed by atoms with Gasteiger partial charge in [-0.15, -0.1) is 0 Å². The van der Waals surface area contributed by atoms with Gasteiger partial charge in [0.1, 0.15) is 22.9 Å². The van der Waals surface area contributed by atoms with Crippen LogP contribution in [0.5, 0.6) is 5.75 Å². The SMILES string of the molecule is COc1ccc(C(NC(=O)c2ccc(F)cc2)c2cccc(Nc3c(N)c(=O)c3=O)c2)cc1. The topological polar surface area (TPSA) is 111 Å². The van der Waals surface area contributed by atoms with Crippen LogP contribution in [-0.4, -0.2) is 13.0 Å². The second kappa shape index (κ2) is 8.96. The van der Waals surface area contributed by atoms with Crippen molar-refractivity contribution in [3.63, 3.8) is 0 Å². The van der Waals surface area contributed by atoms with Crippen LogP contribution < -0.4 is 32.0 Å². The molecule has 1 amide bonds. The van der Waals surface area contributed by atoms with Crippen molar-refractivity contribution >= 4 is 23.0 Å². The minimum atomic E-state index is -0.712. The monoisotopic (exact) mass is 445 g/mol. The zero-order valence-electron chi connectivity index (χ0n) is 17.6. The normalized spacial score (nSPS) is 11.7. The van der Waals surface area contributed by atoms with E-state index in [2.05, 4.69) is 10.6 Å². The number of nitrogen functional groups attached to an aromatic ring is 1. The summed E-state index contributed by atoms with van der Waals surface area (Å²) in [6.07, 6.45) is 0. The van der Waals surface area contributed by atoms with Gasteiger partial charge in [0, 0.05) is 11.3 Å². The summed E-state index contributed by atoms with van der Waals surface area (Å²) in [6.45, 7) is 0. The highest BCUT2D eigenvalue weighted by Crippen LogP contribution is 2.28. The molecule has 7 nitrogen and oxygen atoms in total. The molecule has 1 unspecified atom stereocenters. The molecule has 4 aromatic carbocycles. The van der Waals surface area contributed by atoms with Crippen LogP contribution in [0.3, 0.4) is 0 Å². The summed E-state index contributed by atoms with van der Waals surface area (Å²) in [5, 5.41) is 5.84. The molecule has 4 rings (SSSR count). The van der Waals surface area contributed by atoms with E-state index >= 15 is 0 Å². The van der Waals surface area contributed by atoms with Crippen molar-refractivity contribution in [1.29, 1.82) is 0 Å². The fraction of sp³-hybridized carbons (Fsp3) is 0.0800. The molecule has 0 bridgehead atoms. The Morgan fingerprint density at radius 3 is 2.27 bits per heavy atom. The summed E-state index contributed by atoms with van der Waals surface area (Å²) < 4.78 is 18.5. The lowest BCUT2D eigenvalue weighted by molar-refractivity contribution is 0.0943. The van der Waals surface area contributed by atoms with Gasteiger partial charge in [-0.25, -0.2) is 4.39 Å². The van der Waals surface area contributed by atoms with E-state index in [1.54, 1.807) is 37.4 Å². The highest BCUT2D eigenvalue weighted by molar-refractivity contribution is 5.94. The lowest BCUT2D eigenvalue weighted by Crippen LogP contribution is -2.36. The lowest BCUT2D eigenvalue weighted by atomic mass is 9.97. The van der Waals surface area contributed by atoms with Gasteiger partial charge in [0.25, 0.3) is 16.8 Å². The van der Waals surface area contributed by atoms with Crippen LogP contribution in [0.1, 0.15) is 27.5 Å². The van der Waals surface area contributed by atoms with Crippen molar-refractivity contribution in [3.8, 4) is 5.75 Å². The summed E-state index contributed by atoms with van der Waals surface area (Å²) in [5.41, 5.74) is 6.49. The third-order valence-corrected chi connectivity index (χ3v) is 5.27. The third kappa shape index (κ3) is 4.45. The molecule has 4 N–H and O–H groups in total. The molecule has 0 fully saturated rings. The lowest BCUT2D eigenvalue weighted by Gasteiger charge is -2.21. The van der Waals surface area contributed by atoms with Gasteiger partial charge in [0.05, 0.1) is 13.2 Å². The van der Waals surface area contributed by atoms with Crippen LogP contribution in [0.2, 0.25) is 0 Å². The molecule has 0 saturated carbocycles. The molecule has 0 aromatic heterocycles. The largest absolute Gasteiger partial charge is 0.497 e. The van der Waals surface area contributed by atoms with Crippen molar-refractivity contribution in [1.82, 2.24) is 5.32 Å². The molecule has 33 heavy (non-hydrogen) atoms. The molecule has 0 saturated heterocycles. The van der Waals surface area contributed by atoms with E-state index in [4.69, 9.17) is 10.5 Å². The van der Waals surface area contributed by atoms with Crippen LogP contribution in [0.25, 0.3) is 0 Å². The van der Waals surface area contributed by atoms with Gasteiger partial charge >= 0.3 is 0 Å². The number of carbonyl (C=O) groups excluding carboxylic acids is 1. The first-order valence-electron chi connectivity index (χ1n) is 10.0. The molecule has 0 spiro atoms. The number of carbonyl (C=O) groups is 1. The molecule has 0 aliphatic carbocycles. The Bertz CT molecular complexity index is 1370. The van der Waals surface area contributed by atoms with E-state index in [1.165, 1.54) is 24.3 Å². The number of anilines is 3. The number of nitrogens with two attached hydrogens (primary N) is 1. The summed E-state index contributed by atoms with van der Waals surface area (Å²) in [7, 11) is 1.56. The van der Waals surface area contributed by atoms with E-state index in [0.29, 0.717) is 22.6 Å². The standard InChI is InChI=1S/C25H20FN3O4/c1-33-19-11-7-14(8-12-19)21(29-25(32)15-5-9-17(26)10-6-15)16-3-2-4-18(13-16)28-22-20(27)23(30)24(22)31/h2-13,21,28H,27H2,1H3,(H,29,32). The van der Waals surface area contributed by atoms with Crippen molar-refractivity contribution < 1.29 is 13.9 Å². The fourth-order valence-electron chi connectivity index (χ4n) is 3.44. The van der Waals surface area contributed by atoms with Crippen molar-refractivity contribution in [2.75, 3.05) is 18.2 Å². The minimum absolute atomic E-state index is 0.0495. The summed E-state index contributed by atoms with van der Waals surface area (Å²) in [4.78, 5) is 36.1. The van der Waals surface area contributed by atoms with E-state index in [-0.39, 0.29) is 17.3 Å². The van der Waals surface area contributed by atoms with Crippen LogP contribution in [0.4, 0.5) is 21.5 Å². The highest BCUT2D eigenvalue weighted by atomic mass is 19.1. The molecule has 8 heteroatoms. The fourth-order valence-corrected chi connectivity index (χ4v) is 3.44. The van der Waals surface area contributed by atoms with Gasteiger partial charge < -0.3 is 21.1 Å². The molecule has 0 heterocycles. The maximum atomic E-state index is 13.3. The van der Waals surface area contributed by atoms with Crippen LogP contribution >= 0.6 is 0 Å². The second-order valence-electron chi connectivity index (χ2n) is 7.38. The maximum Gasteiger partial charge on any atom is 0.253 e. The number of halogens is 1. The van der Waals surface area contributed by atoms with Crippen molar-refractivity contribution in [3.05, 3.63) is 116 Å². The van der Waals surface area contributed by atoms with Crippen LogP contribution in [0.15, 0.2) is 82.4 Å². The molecular formula is C25H20FN3O4. The zero-order chi connectivity index (χ0) is 23.5. The third-order valence-electron chi connectivity index (χ3n) is 5.27. The Hall–Kier alpha value is -4.46. The predicted octanol–water partition coefficient (Wildman–Crippen LogP) is 3.28. The minimum Gasteiger partial charge on any atom is -0.497 e. The Labute approximate surface area is 188 Å². The Balaban J connectivity index is 1.68. The average Bonchev–Trinajstić information content (AvgIpc) is 2.85. The van der Waals surface area contributed by atoms with E-state index in [1.807, 2.05) is 18.2 Å². The molecule has 0 aliphatic heterocycles. The smallest absolute Gasteiger partial charge is 0.253 e. The van der Waals surface area contributed by atoms with Gasteiger partial charge in [0.2, 0.25) is 0 Å². The number of hydrogen-bond donors (Lipinski definition) is 3. The van der Waals surface area contributed by atoms with Crippen LogP contribution in [-0.2, 0) is 0 Å². The number of amides is 1. The molecule has 1 atom stereocenters. The van der Waals surface area contributed by atoms with E-state index < -0.39 is 22.7 Å². The Kier molecular flexibility index (Phi) is 5.91. The Morgan fingerprint density at radius 2 is 1.64 bits per heavy atom. The Morgan fingerprint density at radius 1 is 0.939 bits per heavy atom. The predicted molar refractivity (Wildman–Crippen MR) is 124 cm³/mol. The van der Waals surface area contributed by atoms with Gasteiger partial charge in [-0.2, -0.15) is 0 Å². The molecular weight excluding hydrogens is 425 g/mol. The summed E-state index contributed by atoms with van der Waals surface area (Å²) in [5.74, 6) is -0.163. The summed E-state index contributed by atoms with van der Waals surface area (Å²) >= 11 is 0. The van der Waals surface area contributed by atoms with Gasteiger partial charge in [-0.1, -0.05) is 24.3 Å². The number of nitrogens with one attached hydrogen (secondary N) is 2. The first-order chi connectivity index (χ1) is 15.9. The first-order valence-corrected chi connectivity index (χ1v) is 10.0. The molecule has 166 valence electrons. The number of hydrogen-bond acceptors (Lipinski definition) is 6. The van der Waals surface area contributed by atoms with Crippen LogP contribution in [0, 0.1) is 5.82 Å². The molecule has 0 aliphatic rings. The number of benzene rings is 3. The number of rotatable bonds is 7. The number of ether oxygens (including phenoxy) is 1. The van der Waals surface area contributed by atoms with Gasteiger partial charge in [-0.05, 0) is 59.7 Å². The first kappa shape index (κ1) is 21.8. The van der Waals surface area contributed by atoms with Crippen molar-refractivity contribution in [2.45, 2.75) is 6.04 Å². The second-order valence-corrected chi connectivity index (χ2v) is 7.38. The maximum absolute atomic E-state index is 13.3. The molecule has 4 aromatic rings. The highest BCUT2D eigenvalue weighted by Gasteiger charge is 2.21. The van der Waals surface area contributed by atoms with Gasteiger partial charge in [-0.3, -0.25) is 14.4 Å². The van der Waals surface area contributed by atoms with Crippen molar-refractivity contribution in [2.24, 2.45) is 0 Å². The van der Waals surface area contributed by atoms with E-state index in [0.717, 1.165) is 5.56 Å². The zero-order valence-corrected chi connectivity index (χ0v) is 17.6. The average molecular weight is 445 g/mol. The molecule has 0 radical (unpaired) electrons. The summed E-state index contributed by atoms with van der Waals surface area (Å²) in [6, 6.07) is 18.9.